The molecule has 0 radical (unpaired) electrons. The predicted molar refractivity (Wildman–Crippen MR) is 88.6 cm³/mol. The van der Waals surface area contributed by atoms with Crippen molar-refractivity contribution < 1.29 is 0 Å². The van der Waals surface area contributed by atoms with E-state index < -0.39 is 0 Å². The van der Waals surface area contributed by atoms with Crippen LogP contribution in [0.2, 0.25) is 0 Å². The third kappa shape index (κ3) is 3.46. The molecule has 0 aliphatic carbocycles. The van der Waals surface area contributed by atoms with Gasteiger partial charge in [0.05, 0.1) is 10.2 Å². The molecule has 0 amide bonds. The van der Waals surface area contributed by atoms with E-state index in [4.69, 9.17) is 0 Å². The molecule has 0 saturated heterocycles. The van der Waals surface area contributed by atoms with E-state index in [-0.39, 0.29) is 0 Å². The highest BCUT2D eigenvalue weighted by Gasteiger charge is 2.13. The van der Waals surface area contributed by atoms with Crippen molar-refractivity contribution in [1.29, 1.82) is 0 Å². The summed E-state index contributed by atoms with van der Waals surface area (Å²) in [5, 5.41) is 5.73. The Morgan fingerprint density at radius 2 is 2.10 bits per heavy atom. The molecule has 0 aliphatic rings. The molecule has 0 aromatic carbocycles. The fourth-order valence-electron chi connectivity index (χ4n) is 2.43. The Balaban J connectivity index is 1.86. The summed E-state index contributed by atoms with van der Waals surface area (Å²) >= 11 is 1.75. The van der Waals surface area contributed by atoms with Crippen molar-refractivity contribution in [2.75, 3.05) is 6.54 Å². The maximum atomic E-state index is 4.57. The molecule has 3 aromatic heterocycles. The van der Waals surface area contributed by atoms with Crippen LogP contribution < -0.4 is 5.32 Å². The van der Waals surface area contributed by atoms with Crippen LogP contribution in [0.15, 0.2) is 48.2 Å². The van der Waals surface area contributed by atoms with Crippen LogP contribution in [0.5, 0.6) is 0 Å². The predicted octanol–water partition coefficient (Wildman–Crippen LogP) is 3.97. The summed E-state index contributed by atoms with van der Waals surface area (Å²) in [4.78, 5) is 8.66. The summed E-state index contributed by atoms with van der Waals surface area (Å²) in [5.41, 5.74) is 3.64. The minimum absolute atomic E-state index is 0.298. The zero-order chi connectivity index (χ0) is 14.5. The van der Waals surface area contributed by atoms with Crippen LogP contribution in [-0.2, 0) is 6.42 Å². The third-order valence-electron chi connectivity index (χ3n) is 3.56. The molecule has 4 heteroatoms. The zero-order valence-corrected chi connectivity index (χ0v) is 12.9. The topological polar surface area (TPSA) is 37.8 Å². The molecule has 1 unspecified atom stereocenters. The van der Waals surface area contributed by atoms with Crippen LogP contribution in [-0.4, -0.2) is 16.5 Å². The van der Waals surface area contributed by atoms with Gasteiger partial charge in [0, 0.05) is 24.6 Å². The first-order chi connectivity index (χ1) is 10.4. The van der Waals surface area contributed by atoms with Crippen LogP contribution in [0, 0.1) is 0 Å². The van der Waals surface area contributed by atoms with Crippen molar-refractivity contribution in [3.05, 3.63) is 59.4 Å². The largest absolute Gasteiger partial charge is 0.310 e. The zero-order valence-electron chi connectivity index (χ0n) is 12.1. The fraction of sp³-hybridized carbons (Fsp3) is 0.294. The van der Waals surface area contributed by atoms with E-state index in [9.17, 15) is 0 Å². The van der Waals surface area contributed by atoms with Gasteiger partial charge in [0.1, 0.15) is 0 Å². The van der Waals surface area contributed by atoms with Crippen molar-refractivity contribution in [3.63, 3.8) is 0 Å². The number of hydrogen-bond acceptors (Lipinski definition) is 4. The highest BCUT2D eigenvalue weighted by atomic mass is 32.1. The summed E-state index contributed by atoms with van der Waals surface area (Å²) in [5.74, 6) is 0. The highest BCUT2D eigenvalue weighted by Crippen LogP contribution is 2.24. The molecule has 3 aromatic rings. The lowest BCUT2D eigenvalue weighted by Crippen LogP contribution is -2.24. The molecule has 1 atom stereocenters. The van der Waals surface area contributed by atoms with Crippen LogP contribution in [0.3, 0.4) is 0 Å². The normalized spacial score (nSPS) is 12.6. The number of aromatic nitrogens is 2. The first kappa shape index (κ1) is 14.2. The second kappa shape index (κ2) is 6.78. The Labute approximate surface area is 129 Å². The van der Waals surface area contributed by atoms with Gasteiger partial charge >= 0.3 is 0 Å². The monoisotopic (exact) mass is 297 g/mol. The maximum absolute atomic E-state index is 4.57. The molecule has 108 valence electrons. The summed E-state index contributed by atoms with van der Waals surface area (Å²) in [6.45, 7) is 3.20. The lowest BCUT2D eigenvalue weighted by molar-refractivity contribution is 0.528. The molecular weight excluding hydrogens is 278 g/mol. The van der Waals surface area contributed by atoms with E-state index >= 15 is 0 Å². The van der Waals surface area contributed by atoms with Crippen molar-refractivity contribution in [3.8, 4) is 0 Å². The van der Waals surface area contributed by atoms with Crippen molar-refractivity contribution in [2.45, 2.75) is 25.8 Å². The first-order valence-electron chi connectivity index (χ1n) is 7.32. The number of thiophene rings is 1. The summed E-state index contributed by atoms with van der Waals surface area (Å²) in [6.07, 6.45) is 7.80. The Bertz CT molecular complexity index is 693. The molecule has 21 heavy (non-hydrogen) atoms. The third-order valence-corrected chi connectivity index (χ3v) is 4.41. The van der Waals surface area contributed by atoms with Crippen LogP contribution in [0.4, 0.5) is 0 Å². The van der Waals surface area contributed by atoms with Gasteiger partial charge in [-0.3, -0.25) is 9.97 Å². The Hall–Kier alpha value is -1.78. The molecule has 0 aliphatic heterocycles. The van der Waals surface area contributed by atoms with Gasteiger partial charge in [0.25, 0.3) is 0 Å². The van der Waals surface area contributed by atoms with Crippen LogP contribution in [0.1, 0.15) is 30.5 Å². The Morgan fingerprint density at radius 1 is 1.24 bits per heavy atom. The lowest BCUT2D eigenvalue weighted by Gasteiger charge is -2.19. The maximum Gasteiger partial charge on any atom is 0.0809 e. The van der Waals surface area contributed by atoms with Crippen molar-refractivity contribution >= 4 is 21.6 Å². The minimum Gasteiger partial charge on any atom is -0.310 e. The quantitative estimate of drug-likeness (QED) is 0.748. The molecule has 3 heterocycles. The number of pyridine rings is 2. The molecule has 3 nitrogen and oxygen atoms in total. The summed E-state index contributed by atoms with van der Waals surface area (Å²) in [6, 6.07) is 8.80. The van der Waals surface area contributed by atoms with E-state index in [0.29, 0.717) is 6.04 Å². The van der Waals surface area contributed by atoms with E-state index in [1.807, 2.05) is 18.6 Å². The number of rotatable bonds is 6. The molecule has 0 saturated carbocycles. The van der Waals surface area contributed by atoms with Gasteiger partial charge in [-0.2, -0.15) is 0 Å². The molecule has 0 spiro atoms. The second-order valence-corrected chi connectivity index (χ2v) is 6.09. The summed E-state index contributed by atoms with van der Waals surface area (Å²) < 4.78 is 1.26. The lowest BCUT2D eigenvalue weighted by atomic mass is 10.0. The van der Waals surface area contributed by atoms with Gasteiger partial charge in [0.15, 0.2) is 0 Å². The first-order valence-corrected chi connectivity index (χ1v) is 8.20. The smallest absolute Gasteiger partial charge is 0.0809 e. The molecular formula is C17H19N3S. The molecule has 0 bridgehead atoms. The van der Waals surface area contributed by atoms with E-state index in [1.165, 1.54) is 15.8 Å². The standard InChI is InChI=1S/C17H19N3S/c1-2-6-19-16(10-13-3-7-18-8-4-13)14-11-17-15(20-12-14)5-9-21-17/h3-5,7-9,11-12,16,19H,2,6,10H2,1H3. The van der Waals surface area contributed by atoms with E-state index in [1.54, 1.807) is 11.3 Å². The van der Waals surface area contributed by atoms with E-state index in [0.717, 1.165) is 24.9 Å². The van der Waals surface area contributed by atoms with Gasteiger partial charge in [-0.25, -0.2) is 0 Å². The molecule has 0 fully saturated rings. The highest BCUT2D eigenvalue weighted by molar-refractivity contribution is 7.17. The van der Waals surface area contributed by atoms with Gasteiger partial charge in [-0.15, -0.1) is 11.3 Å². The van der Waals surface area contributed by atoms with Gasteiger partial charge < -0.3 is 5.32 Å². The molecule has 3 rings (SSSR count). The second-order valence-electron chi connectivity index (χ2n) is 5.14. The average molecular weight is 297 g/mol. The van der Waals surface area contributed by atoms with Gasteiger partial charge in [0.2, 0.25) is 0 Å². The number of nitrogens with zero attached hydrogens (tertiary/aromatic N) is 2. The minimum atomic E-state index is 0.298. The molecule has 1 N–H and O–H groups in total. The summed E-state index contributed by atoms with van der Waals surface area (Å²) in [7, 11) is 0. The number of hydrogen-bond donors (Lipinski definition) is 1. The van der Waals surface area contributed by atoms with Crippen molar-refractivity contribution in [2.24, 2.45) is 0 Å². The Morgan fingerprint density at radius 3 is 2.90 bits per heavy atom. The number of nitrogens with one attached hydrogen (secondary N) is 1. The van der Waals surface area contributed by atoms with E-state index in [2.05, 4.69) is 51.9 Å². The van der Waals surface area contributed by atoms with Crippen LogP contribution >= 0.6 is 11.3 Å². The Kier molecular flexibility index (Phi) is 4.58. The fourth-order valence-corrected chi connectivity index (χ4v) is 3.22. The van der Waals surface area contributed by atoms with Crippen LogP contribution in [0.25, 0.3) is 10.2 Å². The van der Waals surface area contributed by atoms with Gasteiger partial charge in [-0.1, -0.05) is 6.92 Å². The van der Waals surface area contributed by atoms with Gasteiger partial charge in [-0.05, 0) is 60.2 Å². The van der Waals surface area contributed by atoms with Crippen molar-refractivity contribution in [1.82, 2.24) is 15.3 Å². The number of fused-ring (bicyclic) bond motifs is 1. The SMILES string of the molecule is CCCNC(Cc1ccncc1)c1cnc2ccsc2c1. The average Bonchev–Trinajstić information content (AvgIpc) is 3.00.